The summed E-state index contributed by atoms with van der Waals surface area (Å²) in [5, 5.41) is 5.68. The summed E-state index contributed by atoms with van der Waals surface area (Å²) in [4.78, 5) is 23.2. The topological polar surface area (TPSA) is 84.2 Å². The SMILES string of the molecule is CC(=O)Nc1ccc(CCNC(=O)C2(N)CCCCC2)cc1.Cl. The predicted octanol–water partition coefficient (Wildman–Crippen LogP) is 2.39. The van der Waals surface area contributed by atoms with Gasteiger partial charge in [-0.15, -0.1) is 12.4 Å². The van der Waals surface area contributed by atoms with Crippen LogP contribution in [0.25, 0.3) is 0 Å². The van der Waals surface area contributed by atoms with E-state index >= 15 is 0 Å². The average Bonchev–Trinajstić information content (AvgIpc) is 2.49. The highest BCUT2D eigenvalue weighted by atomic mass is 35.5. The zero-order valence-corrected chi connectivity index (χ0v) is 14.4. The number of hydrogen-bond donors (Lipinski definition) is 3. The van der Waals surface area contributed by atoms with E-state index in [0.29, 0.717) is 6.54 Å². The summed E-state index contributed by atoms with van der Waals surface area (Å²) in [7, 11) is 0. The van der Waals surface area contributed by atoms with Gasteiger partial charge >= 0.3 is 0 Å². The Morgan fingerprint density at radius 2 is 1.74 bits per heavy atom. The number of benzene rings is 1. The molecule has 0 heterocycles. The van der Waals surface area contributed by atoms with Gasteiger partial charge in [0.25, 0.3) is 0 Å². The molecule has 0 unspecified atom stereocenters. The molecule has 5 nitrogen and oxygen atoms in total. The van der Waals surface area contributed by atoms with Crippen LogP contribution >= 0.6 is 12.4 Å². The second-order valence-corrected chi connectivity index (χ2v) is 6.10. The number of carbonyl (C=O) groups excluding carboxylic acids is 2. The number of nitrogens with two attached hydrogens (primary N) is 1. The van der Waals surface area contributed by atoms with Crippen LogP contribution in [0, 0.1) is 0 Å². The Hall–Kier alpha value is -1.59. The number of anilines is 1. The van der Waals surface area contributed by atoms with Crippen LogP contribution < -0.4 is 16.4 Å². The van der Waals surface area contributed by atoms with Crippen molar-refractivity contribution in [2.24, 2.45) is 5.73 Å². The molecule has 128 valence electrons. The summed E-state index contributed by atoms with van der Waals surface area (Å²) < 4.78 is 0. The summed E-state index contributed by atoms with van der Waals surface area (Å²) in [6.45, 7) is 2.06. The van der Waals surface area contributed by atoms with E-state index < -0.39 is 5.54 Å². The van der Waals surface area contributed by atoms with Gasteiger partial charge in [0.2, 0.25) is 11.8 Å². The van der Waals surface area contributed by atoms with Crippen molar-refractivity contribution < 1.29 is 9.59 Å². The number of halogens is 1. The fourth-order valence-electron chi connectivity index (χ4n) is 2.86. The van der Waals surface area contributed by atoms with Gasteiger partial charge in [-0.1, -0.05) is 31.4 Å². The van der Waals surface area contributed by atoms with Crippen molar-refractivity contribution in [3.05, 3.63) is 29.8 Å². The van der Waals surface area contributed by atoms with Gasteiger partial charge in [0.15, 0.2) is 0 Å². The molecule has 23 heavy (non-hydrogen) atoms. The Morgan fingerprint density at radius 3 is 2.30 bits per heavy atom. The first-order valence-corrected chi connectivity index (χ1v) is 7.93. The second-order valence-electron chi connectivity index (χ2n) is 6.10. The molecule has 0 aliphatic heterocycles. The van der Waals surface area contributed by atoms with Gasteiger partial charge in [-0.25, -0.2) is 0 Å². The van der Waals surface area contributed by atoms with Gasteiger partial charge < -0.3 is 16.4 Å². The Labute approximate surface area is 143 Å². The van der Waals surface area contributed by atoms with Crippen LogP contribution in [0.3, 0.4) is 0 Å². The van der Waals surface area contributed by atoms with E-state index in [1.807, 2.05) is 24.3 Å². The van der Waals surface area contributed by atoms with Gasteiger partial charge in [0.1, 0.15) is 0 Å². The Balaban J connectivity index is 0.00000264. The lowest BCUT2D eigenvalue weighted by molar-refractivity contribution is -0.127. The minimum absolute atomic E-state index is 0. The number of hydrogen-bond acceptors (Lipinski definition) is 3. The number of nitrogens with one attached hydrogen (secondary N) is 2. The summed E-state index contributed by atoms with van der Waals surface area (Å²) in [5.74, 6) is -0.109. The number of rotatable bonds is 5. The second kappa shape index (κ2) is 8.89. The lowest BCUT2D eigenvalue weighted by Gasteiger charge is -2.31. The van der Waals surface area contributed by atoms with Crippen molar-refractivity contribution in [1.82, 2.24) is 5.32 Å². The molecule has 0 spiro atoms. The van der Waals surface area contributed by atoms with Crippen LogP contribution in [0.5, 0.6) is 0 Å². The van der Waals surface area contributed by atoms with Gasteiger partial charge in [0, 0.05) is 19.2 Å². The monoisotopic (exact) mass is 339 g/mol. The highest BCUT2D eigenvalue weighted by Gasteiger charge is 2.34. The molecular formula is C17H26ClN3O2. The minimum atomic E-state index is -0.673. The minimum Gasteiger partial charge on any atom is -0.354 e. The molecule has 1 aliphatic rings. The molecule has 1 aromatic rings. The lowest BCUT2D eigenvalue weighted by Crippen LogP contribution is -2.55. The van der Waals surface area contributed by atoms with Crippen molar-refractivity contribution >= 4 is 29.9 Å². The molecule has 1 fully saturated rings. The third-order valence-electron chi connectivity index (χ3n) is 4.17. The molecule has 2 amide bonds. The quantitative estimate of drug-likeness (QED) is 0.770. The number of carbonyl (C=O) groups is 2. The molecule has 4 N–H and O–H groups in total. The van der Waals surface area contributed by atoms with Gasteiger partial charge in [-0.2, -0.15) is 0 Å². The first-order valence-electron chi connectivity index (χ1n) is 7.93. The molecule has 0 aromatic heterocycles. The molecule has 0 bridgehead atoms. The first kappa shape index (κ1) is 19.5. The molecule has 0 atom stereocenters. The molecule has 0 radical (unpaired) electrons. The summed E-state index contributed by atoms with van der Waals surface area (Å²) in [5.41, 5.74) is 7.42. The third kappa shape index (κ3) is 5.84. The van der Waals surface area contributed by atoms with E-state index in [-0.39, 0.29) is 24.2 Å². The fourth-order valence-corrected chi connectivity index (χ4v) is 2.86. The van der Waals surface area contributed by atoms with Gasteiger partial charge in [-0.3, -0.25) is 9.59 Å². The highest BCUT2D eigenvalue weighted by Crippen LogP contribution is 2.25. The normalized spacial score (nSPS) is 16.1. The standard InChI is InChI=1S/C17H25N3O2.ClH/c1-13(21)20-15-7-5-14(6-8-15)9-12-19-16(22)17(18)10-3-2-4-11-17;/h5-8H,2-4,9-12,18H2,1H3,(H,19,22)(H,20,21);1H. The van der Waals surface area contributed by atoms with Crippen LogP contribution in [-0.4, -0.2) is 23.9 Å². The van der Waals surface area contributed by atoms with E-state index in [4.69, 9.17) is 5.73 Å². The zero-order chi connectivity index (χ0) is 16.0. The molecular weight excluding hydrogens is 314 g/mol. The molecule has 1 aromatic carbocycles. The highest BCUT2D eigenvalue weighted by molar-refractivity contribution is 5.88. The molecule has 6 heteroatoms. The van der Waals surface area contributed by atoms with Crippen LogP contribution in [0.15, 0.2) is 24.3 Å². The maximum Gasteiger partial charge on any atom is 0.240 e. The van der Waals surface area contributed by atoms with Crippen LogP contribution in [0.2, 0.25) is 0 Å². The van der Waals surface area contributed by atoms with Crippen molar-refractivity contribution in [2.75, 3.05) is 11.9 Å². The Bertz CT molecular complexity index is 525. The summed E-state index contributed by atoms with van der Waals surface area (Å²) in [6.07, 6.45) is 5.56. The summed E-state index contributed by atoms with van der Waals surface area (Å²) in [6, 6.07) is 7.64. The lowest BCUT2D eigenvalue weighted by atomic mass is 9.82. The number of amides is 2. The maximum atomic E-state index is 12.2. The van der Waals surface area contributed by atoms with Crippen molar-refractivity contribution in [1.29, 1.82) is 0 Å². The Kier molecular flexibility index (Phi) is 7.52. The van der Waals surface area contributed by atoms with Crippen LogP contribution in [0.1, 0.15) is 44.6 Å². The van der Waals surface area contributed by atoms with Crippen LogP contribution in [-0.2, 0) is 16.0 Å². The average molecular weight is 340 g/mol. The van der Waals surface area contributed by atoms with Gasteiger partial charge in [-0.05, 0) is 37.0 Å². The maximum absolute atomic E-state index is 12.2. The van der Waals surface area contributed by atoms with Gasteiger partial charge in [0.05, 0.1) is 5.54 Å². The molecule has 0 saturated heterocycles. The van der Waals surface area contributed by atoms with Crippen molar-refractivity contribution in [3.8, 4) is 0 Å². The van der Waals surface area contributed by atoms with E-state index in [2.05, 4.69) is 10.6 Å². The van der Waals surface area contributed by atoms with E-state index in [1.165, 1.54) is 13.3 Å². The van der Waals surface area contributed by atoms with E-state index in [1.54, 1.807) is 0 Å². The van der Waals surface area contributed by atoms with E-state index in [0.717, 1.165) is 43.4 Å². The zero-order valence-electron chi connectivity index (χ0n) is 13.6. The fraction of sp³-hybridized carbons (Fsp3) is 0.529. The first-order chi connectivity index (χ1) is 10.5. The largest absolute Gasteiger partial charge is 0.354 e. The Morgan fingerprint density at radius 1 is 1.13 bits per heavy atom. The third-order valence-corrected chi connectivity index (χ3v) is 4.17. The molecule has 1 aliphatic carbocycles. The molecule has 2 rings (SSSR count). The predicted molar refractivity (Wildman–Crippen MR) is 94.7 cm³/mol. The molecule has 1 saturated carbocycles. The van der Waals surface area contributed by atoms with E-state index in [9.17, 15) is 9.59 Å². The van der Waals surface area contributed by atoms with Crippen molar-refractivity contribution in [3.63, 3.8) is 0 Å². The van der Waals surface area contributed by atoms with Crippen molar-refractivity contribution in [2.45, 2.75) is 51.0 Å². The smallest absolute Gasteiger partial charge is 0.240 e. The summed E-state index contributed by atoms with van der Waals surface area (Å²) >= 11 is 0. The van der Waals surface area contributed by atoms with Crippen LogP contribution in [0.4, 0.5) is 5.69 Å².